The molecule has 1 heterocycles. The van der Waals surface area contributed by atoms with Gasteiger partial charge in [0.25, 0.3) is 5.91 Å². The summed E-state index contributed by atoms with van der Waals surface area (Å²) in [6.45, 7) is 3.72. The molecule has 0 atom stereocenters. The van der Waals surface area contributed by atoms with Gasteiger partial charge in [0.1, 0.15) is 0 Å². The van der Waals surface area contributed by atoms with Crippen LogP contribution in [0.1, 0.15) is 21.5 Å². The molecule has 0 saturated carbocycles. The van der Waals surface area contributed by atoms with Crippen molar-refractivity contribution in [2.45, 2.75) is 13.8 Å². The fourth-order valence-corrected chi connectivity index (χ4v) is 2.70. The summed E-state index contributed by atoms with van der Waals surface area (Å²) in [7, 11) is 0. The van der Waals surface area contributed by atoms with E-state index in [1.54, 1.807) is 24.5 Å². The topological polar surface area (TPSA) is 84.0 Å². The van der Waals surface area contributed by atoms with Gasteiger partial charge < -0.3 is 10.6 Å². The molecule has 6 nitrogen and oxygen atoms in total. The molecule has 0 spiro atoms. The smallest absolute Gasteiger partial charge is 0.251 e. The number of amides is 2. The molecule has 0 aliphatic carbocycles. The Labute approximate surface area is 157 Å². The molecule has 0 fully saturated rings. The third-order valence-corrected chi connectivity index (χ3v) is 3.86. The standard InChI is InChI=1S/C21H20N4O2/c1-14-8-15(2)10-17(9-14)21(27)24-13-19(26)25-18-11-22-20(23-12-18)16-6-4-3-5-7-16/h3-12H,13H2,1-2H3,(H,24,27)(H,25,26). The first kappa shape index (κ1) is 18.3. The van der Waals surface area contributed by atoms with Gasteiger partial charge in [-0.2, -0.15) is 0 Å². The van der Waals surface area contributed by atoms with Crippen molar-refractivity contribution in [3.8, 4) is 11.4 Å². The van der Waals surface area contributed by atoms with Crippen LogP contribution in [0, 0.1) is 13.8 Å². The molecule has 6 heteroatoms. The van der Waals surface area contributed by atoms with Crippen molar-refractivity contribution in [3.63, 3.8) is 0 Å². The van der Waals surface area contributed by atoms with Gasteiger partial charge in [0.2, 0.25) is 5.91 Å². The average Bonchev–Trinajstić information content (AvgIpc) is 2.66. The van der Waals surface area contributed by atoms with E-state index >= 15 is 0 Å². The van der Waals surface area contributed by atoms with Gasteiger partial charge in [-0.15, -0.1) is 0 Å². The number of aromatic nitrogens is 2. The lowest BCUT2D eigenvalue weighted by Crippen LogP contribution is -2.33. The van der Waals surface area contributed by atoms with Gasteiger partial charge in [0, 0.05) is 11.1 Å². The molecule has 136 valence electrons. The first-order chi connectivity index (χ1) is 13.0. The summed E-state index contributed by atoms with van der Waals surface area (Å²) in [5.41, 5.74) is 3.91. The highest BCUT2D eigenvalue weighted by Gasteiger charge is 2.10. The van der Waals surface area contributed by atoms with Crippen LogP contribution in [0.4, 0.5) is 5.69 Å². The van der Waals surface area contributed by atoms with E-state index in [4.69, 9.17) is 0 Å². The Bertz CT molecular complexity index is 933. The maximum absolute atomic E-state index is 12.2. The van der Waals surface area contributed by atoms with E-state index in [0.717, 1.165) is 16.7 Å². The largest absolute Gasteiger partial charge is 0.343 e. The lowest BCUT2D eigenvalue weighted by Gasteiger charge is -2.08. The summed E-state index contributed by atoms with van der Waals surface area (Å²) < 4.78 is 0. The number of hydrogen-bond acceptors (Lipinski definition) is 4. The Morgan fingerprint density at radius 1 is 0.926 bits per heavy atom. The first-order valence-corrected chi connectivity index (χ1v) is 8.55. The van der Waals surface area contributed by atoms with Gasteiger partial charge in [-0.3, -0.25) is 9.59 Å². The van der Waals surface area contributed by atoms with Crippen LogP contribution in [0.2, 0.25) is 0 Å². The Kier molecular flexibility index (Phi) is 5.56. The van der Waals surface area contributed by atoms with E-state index in [0.29, 0.717) is 17.1 Å². The van der Waals surface area contributed by atoms with E-state index in [1.165, 1.54) is 0 Å². The predicted octanol–water partition coefficient (Wildman–Crippen LogP) is 3.13. The third-order valence-electron chi connectivity index (χ3n) is 3.86. The molecule has 2 amide bonds. The lowest BCUT2D eigenvalue weighted by molar-refractivity contribution is -0.115. The Hall–Kier alpha value is -3.54. The van der Waals surface area contributed by atoms with Crippen LogP contribution in [0.5, 0.6) is 0 Å². The number of hydrogen-bond donors (Lipinski definition) is 2. The van der Waals surface area contributed by atoms with Crippen molar-refractivity contribution in [1.82, 2.24) is 15.3 Å². The van der Waals surface area contributed by atoms with Crippen molar-refractivity contribution >= 4 is 17.5 Å². The summed E-state index contributed by atoms with van der Waals surface area (Å²) >= 11 is 0. The zero-order valence-corrected chi connectivity index (χ0v) is 15.2. The number of nitrogens with one attached hydrogen (secondary N) is 2. The summed E-state index contributed by atoms with van der Waals surface area (Å²) in [6.07, 6.45) is 3.08. The van der Waals surface area contributed by atoms with Crippen LogP contribution in [-0.4, -0.2) is 28.3 Å². The lowest BCUT2D eigenvalue weighted by atomic mass is 10.1. The van der Waals surface area contributed by atoms with E-state index < -0.39 is 0 Å². The minimum Gasteiger partial charge on any atom is -0.343 e. The Balaban J connectivity index is 1.55. The number of rotatable bonds is 5. The molecule has 0 radical (unpaired) electrons. The maximum Gasteiger partial charge on any atom is 0.251 e. The molecular weight excluding hydrogens is 340 g/mol. The number of nitrogens with zero attached hydrogens (tertiary/aromatic N) is 2. The molecule has 0 aliphatic rings. The minimum atomic E-state index is -0.344. The molecule has 3 rings (SSSR count). The van der Waals surface area contributed by atoms with Crippen LogP contribution >= 0.6 is 0 Å². The molecule has 27 heavy (non-hydrogen) atoms. The van der Waals surface area contributed by atoms with Crippen LogP contribution < -0.4 is 10.6 Å². The summed E-state index contributed by atoms with van der Waals surface area (Å²) in [4.78, 5) is 32.7. The zero-order valence-electron chi connectivity index (χ0n) is 15.2. The van der Waals surface area contributed by atoms with Gasteiger partial charge in [0.15, 0.2) is 5.82 Å². The van der Waals surface area contributed by atoms with Gasteiger partial charge >= 0.3 is 0 Å². The Morgan fingerprint density at radius 3 is 2.19 bits per heavy atom. The molecular formula is C21H20N4O2. The van der Waals surface area contributed by atoms with Crippen molar-refractivity contribution in [2.75, 3.05) is 11.9 Å². The molecule has 3 aromatic rings. The van der Waals surface area contributed by atoms with E-state index in [9.17, 15) is 9.59 Å². The van der Waals surface area contributed by atoms with Crippen LogP contribution in [0.15, 0.2) is 60.9 Å². The number of carbonyl (C=O) groups is 2. The minimum absolute atomic E-state index is 0.133. The molecule has 0 aliphatic heterocycles. The summed E-state index contributed by atoms with van der Waals surface area (Å²) in [5.74, 6) is -0.0480. The maximum atomic E-state index is 12.2. The van der Waals surface area contributed by atoms with Gasteiger partial charge in [-0.25, -0.2) is 9.97 Å². The fourth-order valence-electron chi connectivity index (χ4n) is 2.70. The van der Waals surface area contributed by atoms with Gasteiger partial charge in [-0.1, -0.05) is 47.5 Å². The van der Waals surface area contributed by atoms with Gasteiger partial charge in [0.05, 0.1) is 24.6 Å². The SMILES string of the molecule is Cc1cc(C)cc(C(=O)NCC(=O)Nc2cnc(-c3ccccc3)nc2)c1. The van der Waals surface area contributed by atoms with E-state index in [-0.39, 0.29) is 18.4 Å². The first-order valence-electron chi connectivity index (χ1n) is 8.55. The second kappa shape index (κ2) is 8.23. The molecule has 0 bridgehead atoms. The third kappa shape index (κ3) is 4.98. The second-order valence-corrected chi connectivity index (χ2v) is 6.27. The average molecular weight is 360 g/mol. The molecule has 0 unspecified atom stereocenters. The van der Waals surface area contributed by atoms with Crippen LogP contribution in [0.25, 0.3) is 11.4 Å². The molecule has 0 saturated heterocycles. The van der Waals surface area contributed by atoms with Crippen LogP contribution in [0.3, 0.4) is 0 Å². The van der Waals surface area contributed by atoms with Crippen molar-refractivity contribution in [3.05, 3.63) is 77.6 Å². The van der Waals surface area contributed by atoms with Crippen LogP contribution in [-0.2, 0) is 4.79 Å². The van der Waals surface area contributed by atoms with Crippen molar-refractivity contribution < 1.29 is 9.59 Å². The van der Waals surface area contributed by atoms with Crippen molar-refractivity contribution in [1.29, 1.82) is 0 Å². The summed E-state index contributed by atoms with van der Waals surface area (Å²) in [5, 5.41) is 5.29. The highest BCUT2D eigenvalue weighted by Crippen LogP contribution is 2.14. The predicted molar refractivity (Wildman–Crippen MR) is 104 cm³/mol. The fraction of sp³-hybridized carbons (Fsp3) is 0.143. The molecule has 2 N–H and O–H groups in total. The number of aryl methyl sites for hydroxylation is 2. The summed E-state index contributed by atoms with van der Waals surface area (Å²) in [6, 6.07) is 15.1. The monoisotopic (exact) mass is 360 g/mol. The zero-order chi connectivity index (χ0) is 19.2. The number of anilines is 1. The van der Waals surface area contributed by atoms with Gasteiger partial charge in [-0.05, 0) is 26.0 Å². The highest BCUT2D eigenvalue weighted by molar-refractivity contribution is 5.99. The Morgan fingerprint density at radius 2 is 1.56 bits per heavy atom. The number of benzene rings is 2. The van der Waals surface area contributed by atoms with Crippen molar-refractivity contribution in [2.24, 2.45) is 0 Å². The molecule has 2 aromatic carbocycles. The van der Waals surface area contributed by atoms with E-state index in [2.05, 4.69) is 20.6 Å². The molecule has 1 aromatic heterocycles. The second-order valence-electron chi connectivity index (χ2n) is 6.27. The number of carbonyl (C=O) groups excluding carboxylic acids is 2. The highest BCUT2D eigenvalue weighted by atomic mass is 16.2. The quantitative estimate of drug-likeness (QED) is 0.732. The normalized spacial score (nSPS) is 10.3. The van der Waals surface area contributed by atoms with E-state index in [1.807, 2.05) is 50.2 Å².